The Morgan fingerprint density at radius 3 is 2.30 bits per heavy atom. The quantitative estimate of drug-likeness (QED) is 0.528. The first-order valence-electron chi connectivity index (χ1n) is 8.70. The molecule has 5 N–H and O–H groups in total. The number of thioether (sulfide) groups is 1. The maximum atomic E-state index is 11.6. The number of ether oxygens (including phenoxy) is 1. The van der Waals surface area contributed by atoms with E-state index in [1.165, 1.54) is 0 Å². The molecule has 0 aliphatic heterocycles. The van der Waals surface area contributed by atoms with Crippen molar-refractivity contribution in [3.63, 3.8) is 0 Å². The van der Waals surface area contributed by atoms with Crippen LogP contribution in [0.3, 0.4) is 0 Å². The molecule has 0 fully saturated rings. The molecule has 8 heteroatoms. The first-order chi connectivity index (χ1) is 12.6. The molecule has 1 amide bonds. The number of nitrogens with one attached hydrogen (secondary N) is 1. The number of alkyl carbamates (subject to hydrolysis) is 1. The molecule has 0 heterocycles. The zero-order valence-electron chi connectivity index (χ0n) is 16.5. The van der Waals surface area contributed by atoms with Gasteiger partial charge in [0.15, 0.2) is 0 Å². The minimum atomic E-state index is -1.09. The van der Waals surface area contributed by atoms with Gasteiger partial charge in [0, 0.05) is 12.5 Å². The summed E-state index contributed by atoms with van der Waals surface area (Å²) in [5.74, 6) is -0.0448. The summed E-state index contributed by atoms with van der Waals surface area (Å²) in [7, 11) is 0. The molecule has 1 aromatic rings. The summed E-state index contributed by atoms with van der Waals surface area (Å²) < 4.78 is 5.04. The minimum absolute atomic E-state index is 0.0116. The van der Waals surface area contributed by atoms with Crippen LogP contribution in [-0.4, -0.2) is 58.6 Å². The molecule has 0 aromatic heterocycles. The number of rotatable bonds is 8. The number of amides is 1. The lowest BCUT2D eigenvalue weighted by atomic mass is 10.1. The monoisotopic (exact) mass is 400 g/mol. The van der Waals surface area contributed by atoms with Crippen LogP contribution in [0.5, 0.6) is 0 Å². The highest BCUT2D eigenvalue weighted by Gasteiger charge is 2.24. The van der Waals surface area contributed by atoms with Crippen LogP contribution in [0.1, 0.15) is 32.8 Å². The van der Waals surface area contributed by atoms with E-state index in [1.807, 2.05) is 36.6 Å². The van der Waals surface area contributed by atoms with Gasteiger partial charge in [0.25, 0.3) is 0 Å². The van der Waals surface area contributed by atoms with Gasteiger partial charge in [0.2, 0.25) is 0 Å². The smallest absolute Gasteiger partial charge is 0.408 e. The van der Waals surface area contributed by atoms with Gasteiger partial charge in [-0.2, -0.15) is 11.8 Å². The zero-order valence-corrected chi connectivity index (χ0v) is 17.3. The zero-order chi connectivity index (χ0) is 20.9. The van der Waals surface area contributed by atoms with E-state index in [0.717, 1.165) is 17.7 Å². The normalized spacial score (nSPS) is 13.0. The third kappa shape index (κ3) is 14.0. The van der Waals surface area contributed by atoms with Crippen LogP contribution < -0.4 is 11.1 Å². The fourth-order valence-electron chi connectivity index (χ4n) is 1.86. The van der Waals surface area contributed by atoms with Gasteiger partial charge in [0.05, 0.1) is 6.61 Å². The Kier molecular flexibility index (Phi) is 12.5. The number of aliphatic hydroxyl groups excluding tert-OH is 1. The summed E-state index contributed by atoms with van der Waals surface area (Å²) in [5, 5.41) is 19.9. The molecule has 0 spiro atoms. The van der Waals surface area contributed by atoms with E-state index in [1.54, 1.807) is 32.5 Å². The van der Waals surface area contributed by atoms with E-state index in [4.69, 9.17) is 20.7 Å². The van der Waals surface area contributed by atoms with Gasteiger partial charge in [-0.05, 0) is 44.8 Å². The Balaban J connectivity index is 0.000000713. The average molecular weight is 401 g/mol. The summed E-state index contributed by atoms with van der Waals surface area (Å²) in [5.41, 5.74) is 5.58. The Morgan fingerprint density at radius 1 is 1.26 bits per heavy atom. The lowest BCUT2D eigenvalue weighted by molar-refractivity contribution is -0.139. The van der Waals surface area contributed by atoms with Crippen molar-refractivity contribution in [2.75, 3.05) is 18.6 Å². The standard InChI is InChI=1S/C14H19NO4.C5H13NOS/c1-14(2,3)19-13(18)15-11(12(16)17)9-10-7-5-4-6-8-10;1-8-3-2-5(6)4-7/h4-8,11H,9H2,1-3H3,(H,15,18)(H,16,17);5,7H,2-4,6H2,1H3/t11-;5-/m00/s1. The molecule has 7 nitrogen and oxygen atoms in total. The van der Waals surface area contributed by atoms with E-state index in [9.17, 15) is 9.59 Å². The number of carboxylic acid groups (broad SMARTS) is 1. The minimum Gasteiger partial charge on any atom is -0.480 e. The van der Waals surface area contributed by atoms with E-state index in [-0.39, 0.29) is 19.1 Å². The van der Waals surface area contributed by atoms with Gasteiger partial charge >= 0.3 is 12.1 Å². The van der Waals surface area contributed by atoms with Gasteiger partial charge in [-0.15, -0.1) is 0 Å². The number of benzene rings is 1. The maximum absolute atomic E-state index is 11.6. The molecule has 0 radical (unpaired) electrons. The molecule has 27 heavy (non-hydrogen) atoms. The van der Waals surface area contributed by atoms with Crippen molar-refractivity contribution in [2.45, 2.75) is 51.3 Å². The topological polar surface area (TPSA) is 122 Å². The van der Waals surface area contributed by atoms with Crippen LogP contribution in [0.2, 0.25) is 0 Å². The second kappa shape index (κ2) is 13.4. The highest BCUT2D eigenvalue weighted by atomic mass is 32.2. The number of hydrogen-bond acceptors (Lipinski definition) is 6. The van der Waals surface area contributed by atoms with Gasteiger partial charge in [-0.25, -0.2) is 9.59 Å². The van der Waals surface area contributed by atoms with Crippen molar-refractivity contribution in [3.05, 3.63) is 35.9 Å². The Morgan fingerprint density at radius 2 is 1.85 bits per heavy atom. The Hall–Kier alpha value is -1.77. The van der Waals surface area contributed by atoms with Crippen molar-refractivity contribution >= 4 is 23.8 Å². The van der Waals surface area contributed by atoms with Crippen LogP contribution in [0.15, 0.2) is 30.3 Å². The molecule has 0 aliphatic carbocycles. The number of aliphatic carboxylic acids is 1. The highest BCUT2D eigenvalue weighted by molar-refractivity contribution is 7.98. The van der Waals surface area contributed by atoms with E-state index >= 15 is 0 Å². The van der Waals surface area contributed by atoms with E-state index < -0.39 is 23.7 Å². The Bertz CT molecular complexity index is 549. The summed E-state index contributed by atoms with van der Waals surface area (Å²) in [4.78, 5) is 22.7. The second-order valence-corrected chi connectivity index (χ2v) is 7.94. The summed E-state index contributed by atoms with van der Waals surface area (Å²) in [6.07, 6.45) is 2.44. The number of carboxylic acids is 1. The average Bonchev–Trinajstić information content (AvgIpc) is 2.58. The van der Waals surface area contributed by atoms with E-state index in [0.29, 0.717) is 0 Å². The van der Waals surface area contributed by atoms with Crippen LogP contribution >= 0.6 is 11.8 Å². The third-order valence-electron chi connectivity index (χ3n) is 3.20. The van der Waals surface area contributed by atoms with Gasteiger partial charge in [-0.3, -0.25) is 0 Å². The molecule has 0 unspecified atom stereocenters. The molecule has 0 saturated heterocycles. The molecular weight excluding hydrogens is 368 g/mol. The van der Waals surface area contributed by atoms with Crippen molar-refractivity contribution < 1.29 is 24.5 Å². The first-order valence-corrected chi connectivity index (χ1v) is 10.1. The maximum Gasteiger partial charge on any atom is 0.408 e. The van der Waals surface area contributed by atoms with Crippen LogP contribution in [-0.2, 0) is 16.0 Å². The number of carbonyl (C=O) groups is 2. The largest absolute Gasteiger partial charge is 0.480 e. The van der Waals surface area contributed by atoms with Gasteiger partial charge < -0.3 is 26.0 Å². The van der Waals surface area contributed by atoms with Gasteiger partial charge in [0.1, 0.15) is 11.6 Å². The fourth-order valence-corrected chi connectivity index (χ4v) is 2.40. The number of nitrogens with two attached hydrogens (primary N) is 1. The third-order valence-corrected chi connectivity index (χ3v) is 3.84. The molecular formula is C19H32N2O5S. The lowest BCUT2D eigenvalue weighted by Crippen LogP contribution is -2.44. The van der Waals surface area contributed by atoms with Crippen LogP contribution in [0, 0.1) is 0 Å². The molecule has 1 rings (SSSR count). The second-order valence-electron chi connectivity index (χ2n) is 6.95. The molecule has 2 atom stereocenters. The SMILES string of the molecule is CC(C)(C)OC(=O)N[C@@H](Cc1ccccc1)C(=O)O.CSCC[C@H](N)CO. The molecule has 1 aromatic carbocycles. The number of carbonyl (C=O) groups excluding carboxylic acids is 1. The lowest BCUT2D eigenvalue weighted by Gasteiger charge is -2.22. The van der Waals surface area contributed by atoms with Crippen molar-refractivity contribution in [1.29, 1.82) is 0 Å². The molecule has 154 valence electrons. The fraction of sp³-hybridized carbons (Fsp3) is 0.579. The van der Waals surface area contributed by atoms with E-state index in [2.05, 4.69) is 5.32 Å². The molecule has 0 bridgehead atoms. The highest BCUT2D eigenvalue weighted by Crippen LogP contribution is 2.08. The van der Waals surface area contributed by atoms with Crippen LogP contribution in [0.4, 0.5) is 4.79 Å². The predicted molar refractivity (Wildman–Crippen MR) is 109 cm³/mol. The Labute approximate surface area is 165 Å². The molecule has 0 aliphatic rings. The number of hydrogen-bond donors (Lipinski definition) is 4. The van der Waals surface area contributed by atoms with Crippen LogP contribution in [0.25, 0.3) is 0 Å². The van der Waals surface area contributed by atoms with Crippen molar-refractivity contribution in [3.8, 4) is 0 Å². The molecule has 0 saturated carbocycles. The van der Waals surface area contributed by atoms with Gasteiger partial charge in [-0.1, -0.05) is 30.3 Å². The van der Waals surface area contributed by atoms with Crippen molar-refractivity contribution in [2.24, 2.45) is 5.73 Å². The first kappa shape index (κ1) is 25.2. The summed E-state index contributed by atoms with van der Waals surface area (Å²) >= 11 is 1.75. The predicted octanol–water partition coefficient (Wildman–Crippen LogP) is 2.27. The summed E-state index contributed by atoms with van der Waals surface area (Å²) in [6.45, 7) is 5.28. The van der Waals surface area contributed by atoms with Crippen molar-refractivity contribution in [1.82, 2.24) is 5.32 Å². The number of aliphatic hydroxyl groups is 1. The summed E-state index contributed by atoms with van der Waals surface area (Å²) in [6, 6.07) is 8.10.